The van der Waals surface area contributed by atoms with Crippen molar-refractivity contribution in [2.24, 2.45) is 11.5 Å². The van der Waals surface area contributed by atoms with E-state index in [1.54, 1.807) is 12.1 Å². The molecule has 2 aromatic rings. The van der Waals surface area contributed by atoms with Crippen LogP contribution in [0.4, 0.5) is 0 Å². The zero-order valence-electron chi connectivity index (χ0n) is 18.9. The summed E-state index contributed by atoms with van der Waals surface area (Å²) in [5.41, 5.74) is 15.6. The minimum Gasteiger partial charge on any atom is -0.384 e. The number of nitrogens with two attached hydrogens (primary N) is 2. The highest BCUT2D eigenvalue weighted by atomic mass is 35.5. The summed E-state index contributed by atoms with van der Waals surface area (Å²) in [7, 11) is -4.47. The molecule has 1 unspecified atom stereocenters. The topological polar surface area (TPSA) is 213 Å². The lowest BCUT2D eigenvalue weighted by molar-refractivity contribution is -0.135. The number of carbonyl (C=O) groups excluding carboxylic acids is 2. The lowest BCUT2D eigenvalue weighted by Crippen LogP contribution is -2.44. The first-order valence-corrected chi connectivity index (χ1v) is 11.7. The second kappa shape index (κ2) is 11.6. The fourth-order valence-electron chi connectivity index (χ4n) is 3.39. The zero-order valence-corrected chi connectivity index (χ0v) is 20.6. The molecule has 2 heterocycles. The molecule has 1 fully saturated rings. The van der Waals surface area contributed by atoms with Crippen LogP contribution in [0.1, 0.15) is 41.5 Å². The Morgan fingerprint density at radius 1 is 1.31 bits per heavy atom. The molecule has 7 N–H and O–H groups in total. The maximum absolute atomic E-state index is 12.3. The largest absolute Gasteiger partial charge is 0.384 e. The van der Waals surface area contributed by atoms with Crippen LogP contribution in [0.25, 0.3) is 0 Å². The highest BCUT2D eigenvalue weighted by Crippen LogP contribution is 2.27. The van der Waals surface area contributed by atoms with Crippen molar-refractivity contribution >= 4 is 40.2 Å². The van der Waals surface area contributed by atoms with Crippen molar-refractivity contribution in [3.8, 4) is 0 Å². The van der Waals surface area contributed by atoms with Crippen LogP contribution in [0.3, 0.4) is 0 Å². The van der Waals surface area contributed by atoms with Crippen LogP contribution < -0.4 is 22.3 Å². The van der Waals surface area contributed by atoms with Gasteiger partial charge in [-0.15, -0.1) is 12.4 Å². The highest BCUT2D eigenvalue weighted by Gasteiger charge is 2.32. The molecule has 1 aliphatic rings. The van der Waals surface area contributed by atoms with Crippen LogP contribution in [-0.2, 0) is 28.7 Å². The minimum absolute atomic E-state index is 0. The molecule has 1 amide bonds. The Morgan fingerprint density at radius 3 is 2.54 bits per heavy atom. The predicted octanol–water partition coefficient (Wildman–Crippen LogP) is 0.0976. The second-order valence-corrected chi connectivity index (χ2v) is 9.29. The lowest BCUT2D eigenvalue weighted by Gasteiger charge is -2.13. The average molecular weight is 531 g/mol. The maximum Gasteiger partial charge on any atom is 0.347 e. The van der Waals surface area contributed by atoms with Gasteiger partial charge in [0, 0.05) is 12.1 Å². The number of benzene rings is 1. The number of halogens is 1. The van der Waals surface area contributed by atoms with Gasteiger partial charge in [-0.3, -0.25) is 15.0 Å². The van der Waals surface area contributed by atoms with E-state index in [1.807, 2.05) is 12.1 Å². The third kappa shape index (κ3) is 6.99. The molecule has 0 saturated carbocycles. The summed E-state index contributed by atoms with van der Waals surface area (Å²) >= 11 is 0. The van der Waals surface area contributed by atoms with Gasteiger partial charge >= 0.3 is 16.1 Å². The summed E-state index contributed by atoms with van der Waals surface area (Å²) < 4.78 is 33.9. The van der Waals surface area contributed by atoms with Crippen molar-refractivity contribution in [2.45, 2.75) is 49.8 Å². The molecule has 0 bridgehead atoms. The number of carbonyl (C=O) groups is 2. The number of hydroxylamine groups is 1. The van der Waals surface area contributed by atoms with E-state index in [1.165, 1.54) is 13.8 Å². The molecule has 3 rings (SSSR count). The molecule has 192 valence electrons. The monoisotopic (exact) mass is 530 g/mol. The van der Waals surface area contributed by atoms with Crippen molar-refractivity contribution in [1.29, 1.82) is 5.41 Å². The van der Waals surface area contributed by atoms with Crippen molar-refractivity contribution < 1.29 is 31.6 Å². The summed E-state index contributed by atoms with van der Waals surface area (Å²) in [5.74, 6) is -1.71. The standard InChI is InChI=1S/C20H26N6O7S.ClH/c1-10-18(11(2)31-25-10)34(29,30)33-20(28)15(21)9-24-17(27)8-14-7-16(26-32-14)12-3-5-13(6-4-12)19(22)23;/h3-6,14-16,26H,7-9,21H2,1-2H3,(H3,22,23)(H,24,27);1H/t14-,15?,16+;/m1./s1. The maximum atomic E-state index is 12.3. The fraction of sp³-hybridized carbons (Fsp3) is 0.400. The molecule has 3 atom stereocenters. The van der Waals surface area contributed by atoms with E-state index in [0.29, 0.717) is 12.0 Å². The molecule has 1 aliphatic heterocycles. The Bertz CT molecular complexity index is 1170. The van der Waals surface area contributed by atoms with Crippen LogP contribution in [0.15, 0.2) is 33.7 Å². The number of hydrogen-bond donors (Lipinski definition) is 5. The Kier molecular flexibility index (Phi) is 9.34. The molecule has 15 heteroatoms. The first kappa shape index (κ1) is 28.2. The molecule has 13 nitrogen and oxygen atoms in total. The van der Waals surface area contributed by atoms with Gasteiger partial charge in [-0.25, -0.2) is 4.79 Å². The molecule has 0 spiro atoms. The number of hydrogen-bond acceptors (Lipinski definition) is 11. The van der Waals surface area contributed by atoms with E-state index in [0.717, 1.165) is 5.56 Å². The van der Waals surface area contributed by atoms with E-state index < -0.39 is 34.1 Å². The van der Waals surface area contributed by atoms with E-state index in [-0.39, 0.29) is 53.6 Å². The molecule has 1 aromatic heterocycles. The number of rotatable bonds is 9. The highest BCUT2D eigenvalue weighted by molar-refractivity contribution is 7.87. The number of aromatic nitrogens is 1. The molecule has 0 radical (unpaired) electrons. The van der Waals surface area contributed by atoms with Gasteiger partial charge in [0.25, 0.3) is 0 Å². The lowest BCUT2D eigenvalue weighted by atomic mass is 9.99. The molecule has 0 aliphatic carbocycles. The summed E-state index contributed by atoms with van der Waals surface area (Å²) in [6, 6.07) is 5.54. The van der Waals surface area contributed by atoms with Gasteiger partial charge in [-0.2, -0.15) is 13.9 Å². The first-order chi connectivity index (χ1) is 16.0. The van der Waals surface area contributed by atoms with Gasteiger partial charge in [0.15, 0.2) is 10.7 Å². The number of nitrogens with zero attached hydrogens (tertiary/aromatic N) is 1. The van der Waals surface area contributed by atoms with Crippen LogP contribution in [0, 0.1) is 19.3 Å². The minimum atomic E-state index is -4.47. The number of nitrogen functional groups attached to an aromatic ring is 1. The molecule has 1 saturated heterocycles. The number of aryl methyl sites for hydroxylation is 2. The van der Waals surface area contributed by atoms with Crippen LogP contribution in [-0.4, -0.2) is 50.0 Å². The van der Waals surface area contributed by atoms with Gasteiger partial charge in [-0.05, 0) is 25.8 Å². The van der Waals surface area contributed by atoms with Gasteiger partial charge < -0.3 is 25.5 Å². The van der Waals surface area contributed by atoms with E-state index in [4.69, 9.17) is 26.2 Å². The van der Waals surface area contributed by atoms with Crippen LogP contribution in [0.5, 0.6) is 0 Å². The van der Waals surface area contributed by atoms with Crippen molar-refractivity contribution in [3.05, 3.63) is 46.8 Å². The van der Waals surface area contributed by atoms with Gasteiger partial charge in [0.2, 0.25) is 5.91 Å². The number of amides is 1. The second-order valence-electron chi connectivity index (χ2n) is 7.81. The molecule has 35 heavy (non-hydrogen) atoms. The van der Waals surface area contributed by atoms with Crippen molar-refractivity contribution in [3.63, 3.8) is 0 Å². The van der Waals surface area contributed by atoms with E-state index >= 15 is 0 Å². The average Bonchev–Trinajstić information content (AvgIpc) is 3.37. The zero-order chi connectivity index (χ0) is 25.0. The normalized spacial score (nSPS) is 18.4. The van der Waals surface area contributed by atoms with Gasteiger partial charge in [0.1, 0.15) is 17.6 Å². The Morgan fingerprint density at radius 2 is 1.97 bits per heavy atom. The quantitative estimate of drug-likeness (QED) is 0.166. The van der Waals surface area contributed by atoms with E-state index in [2.05, 4.69) is 20.1 Å². The summed E-state index contributed by atoms with van der Waals surface area (Å²) in [6.07, 6.45) is 0.0747. The van der Waals surface area contributed by atoms with Crippen molar-refractivity contribution in [1.82, 2.24) is 16.0 Å². The third-order valence-corrected chi connectivity index (χ3v) is 6.61. The molecular formula is C20H27ClN6O7S. The van der Waals surface area contributed by atoms with Crippen molar-refractivity contribution in [2.75, 3.05) is 6.54 Å². The summed E-state index contributed by atoms with van der Waals surface area (Å²) in [6.45, 7) is 2.43. The first-order valence-electron chi connectivity index (χ1n) is 10.3. The summed E-state index contributed by atoms with van der Waals surface area (Å²) in [5, 5.41) is 13.4. The predicted molar refractivity (Wildman–Crippen MR) is 125 cm³/mol. The third-order valence-electron chi connectivity index (χ3n) is 5.14. The Hall–Kier alpha value is -3.04. The number of amidine groups is 1. The van der Waals surface area contributed by atoms with Crippen LogP contribution in [0.2, 0.25) is 0 Å². The molecule has 1 aromatic carbocycles. The smallest absolute Gasteiger partial charge is 0.347 e. The Balaban J connectivity index is 0.00000432. The SMILES string of the molecule is Cc1noc(C)c1S(=O)(=O)OC(=O)C(N)CNC(=O)C[C@H]1C[C@@H](c2ccc(C(=N)N)cc2)NO1.Cl. The summed E-state index contributed by atoms with van der Waals surface area (Å²) in [4.78, 5) is 29.5. The van der Waals surface area contributed by atoms with Crippen LogP contribution >= 0.6 is 12.4 Å². The fourth-order valence-corrected chi connectivity index (χ4v) is 4.60. The van der Waals surface area contributed by atoms with E-state index in [9.17, 15) is 18.0 Å². The molecular weight excluding hydrogens is 504 g/mol. The van der Waals surface area contributed by atoms with Gasteiger partial charge in [-0.1, -0.05) is 29.4 Å². The Labute approximate surface area is 207 Å². The number of nitrogens with one attached hydrogen (secondary N) is 3. The van der Waals surface area contributed by atoms with Gasteiger partial charge in [0.05, 0.1) is 18.6 Å².